The summed E-state index contributed by atoms with van der Waals surface area (Å²) in [5.41, 5.74) is 1.40. The van der Waals surface area contributed by atoms with E-state index in [-0.39, 0.29) is 11.7 Å². The Labute approximate surface area is 117 Å². The zero-order chi connectivity index (χ0) is 14.5. The summed E-state index contributed by atoms with van der Waals surface area (Å²) in [4.78, 5) is 15.9. The molecule has 1 amide bonds. The number of aryl methyl sites for hydroxylation is 1. The molecule has 0 fully saturated rings. The average Bonchev–Trinajstić information content (AvgIpc) is 2.82. The van der Waals surface area contributed by atoms with Crippen LogP contribution in [0.3, 0.4) is 0 Å². The topological polar surface area (TPSA) is 46.9 Å². The fourth-order valence-electron chi connectivity index (χ4n) is 1.80. The lowest BCUT2D eigenvalue weighted by molar-refractivity contribution is -0.116. The lowest BCUT2D eigenvalue weighted by Crippen LogP contribution is -2.22. The van der Waals surface area contributed by atoms with E-state index in [1.54, 1.807) is 25.3 Å². The molecule has 1 heterocycles. The summed E-state index contributed by atoms with van der Waals surface area (Å²) < 4.78 is 14.9. The highest BCUT2D eigenvalue weighted by molar-refractivity contribution is 5.94. The standard InChI is InChI=1S/C15H16FN3O/c1-11(12-4-3-5-13(16)9-12)8-15(20)18-10-14-17-6-7-19(14)2/h3-9H,10H2,1-2H3,(H,18,20)/b11-8-. The van der Waals surface area contributed by atoms with Gasteiger partial charge in [-0.25, -0.2) is 9.37 Å². The molecule has 0 radical (unpaired) electrons. The van der Waals surface area contributed by atoms with E-state index in [1.165, 1.54) is 18.2 Å². The van der Waals surface area contributed by atoms with Gasteiger partial charge in [-0.05, 0) is 30.2 Å². The maximum atomic E-state index is 13.1. The van der Waals surface area contributed by atoms with Gasteiger partial charge in [0.2, 0.25) is 5.91 Å². The van der Waals surface area contributed by atoms with Gasteiger partial charge in [-0.3, -0.25) is 4.79 Å². The normalized spacial score (nSPS) is 11.4. The van der Waals surface area contributed by atoms with Crippen LogP contribution in [0.4, 0.5) is 4.39 Å². The number of hydrogen-bond donors (Lipinski definition) is 1. The Bertz CT molecular complexity index is 646. The van der Waals surface area contributed by atoms with E-state index >= 15 is 0 Å². The number of amides is 1. The first-order valence-electron chi connectivity index (χ1n) is 6.24. The van der Waals surface area contributed by atoms with Crippen LogP contribution in [0.15, 0.2) is 42.7 Å². The second-order valence-electron chi connectivity index (χ2n) is 4.51. The summed E-state index contributed by atoms with van der Waals surface area (Å²) in [7, 11) is 1.86. The van der Waals surface area contributed by atoms with Crippen LogP contribution in [0.25, 0.3) is 5.57 Å². The molecule has 0 aliphatic heterocycles. The lowest BCUT2D eigenvalue weighted by atomic mass is 10.1. The molecular weight excluding hydrogens is 257 g/mol. The molecule has 5 heteroatoms. The van der Waals surface area contributed by atoms with Gasteiger partial charge in [-0.15, -0.1) is 0 Å². The number of benzene rings is 1. The molecule has 20 heavy (non-hydrogen) atoms. The quantitative estimate of drug-likeness (QED) is 0.869. The third-order valence-electron chi connectivity index (χ3n) is 2.97. The van der Waals surface area contributed by atoms with Crippen molar-refractivity contribution in [2.24, 2.45) is 7.05 Å². The predicted octanol–water partition coefficient (Wildman–Crippen LogP) is 2.28. The van der Waals surface area contributed by atoms with Crippen LogP contribution in [0.2, 0.25) is 0 Å². The monoisotopic (exact) mass is 273 g/mol. The number of carbonyl (C=O) groups is 1. The molecule has 1 aromatic heterocycles. The zero-order valence-electron chi connectivity index (χ0n) is 11.4. The molecule has 0 spiro atoms. The molecule has 1 N–H and O–H groups in total. The van der Waals surface area contributed by atoms with Crippen LogP contribution in [0.5, 0.6) is 0 Å². The van der Waals surface area contributed by atoms with Crippen molar-refractivity contribution >= 4 is 11.5 Å². The van der Waals surface area contributed by atoms with Crippen molar-refractivity contribution in [2.75, 3.05) is 0 Å². The molecule has 2 aromatic rings. The van der Waals surface area contributed by atoms with Crippen molar-refractivity contribution in [1.82, 2.24) is 14.9 Å². The molecular formula is C15H16FN3O. The Kier molecular flexibility index (Phi) is 4.30. The van der Waals surface area contributed by atoms with Crippen molar-refractivity contribution < 1.29 is 9.18 Å². The zero-order valence-corrected chi connectivity index (χ0v) is 11.4. The summed E-state index contributed by atoms with van der Waals surface area (Å²) in [6, 6.07) is 6.16. The fraction of sp³-hybridized carbons (Fsp3) is 0.200. The van der Waals surface area contributed by atoms with Gasteiger partial charge >= 0.3 is 0 Å². The highest BCUT2D eigenvalue weighted by Gasteiger charge is 2.04. The Morgan fingerprint density at radius 1 is 1.50 bits per heavy atom. The van der Waals surface area contributed by atoms with E-state index in [0.29, 0.717) is 17.7 Å². The van der Waals surface area contributed by atoms with Gasteiger partial charge in [-0.1, -0.05) is 12.1 Å². The van der Waals surface area contributed by atoms with Crippen LogP contribution >= 0.6 is 0 Å². The molecule has 0 saturated heterocycles. The largest absolute Gasteiger partial charge is 0.345 e. The second kappa shape index (κ2) is 6.14. The minimum absolute atomic E-state index is 0.227. The van der Waals surface area contributed by atoms with Crippen LogP contribution in [0, 0.1) is 5.82 Å². The number of aromatic nitrogens is 2. The Hall–Kier alpha value is -2.43. The first kappa shape index (κ1) is 14.0. The Morgan fingerprint density at radius 2 is 2.30 bits per heavy atom. The number of hydrogen-bond acceptors (Lipinski definition) is 2. The smallest absolute Gasteiger partial charge is 0.244 e. The number of halogens is 1. The van der Waals surface area contributed by atoms with Gasteiger partial charge in [0.1, 0.15) is 11.6 Å². The first-order chi connectivity index (χ1) is 9.56. The van der Waals surface area contributed by atoms with E-state index in [2.05, 4.69) is 10.3 Å². The molecule has 2 rings (SSSR count). The molecule has 0 bridgehead atoms. The van der Waals surface area contributed by atoms with Gasteiger partial charge in [0.05, 0.1) is 6.54 Å². The number of nitrogens with zero attached hydrogens (tertiary/aromatic N) is 2. The third kappa shape index (κ3) is 3.54. The van der Waals surface area contributed by atoms with E-state index in [9.17, 15) is 9.18 Å². The van der Waals surface area contributed by atoms with Crippen molar-refractivity contribution in [3.63, 3.8) is 0 Å². The number of rotatable bonds is 4. The van der Waals surface area contributed by atoms with Crippen molar-refractivity contribution in [3.05, 3.63) is 59.9 Å². The first-order valence-corrected chi connectivity index (χ1v) is 6.24. The maximum absolute atomic E-state index is 13.1. The third-order valence-corrected chi connectivity index (χ3v) is 2.97. The van der Waals surface area contributed by atoms with E-state index < -0.39 is 0 Å². The fourth-order valence-corrected chi connectivity index (χ4v) is 1.80. The Balaban J connectivity index is 1.99. The Morgan fingerprint density at radius 3 is 2.95 bits per heavy atom. The molecule has 0 saturated carbocycles. The number of nitrogens with one attached hydrogen (secondary N) is 1. The van der Waals surface area contributed by atoms with E-state index in [4.69, 9.17) is 0 Å². The molecule has 1 aromatic carbocycles. The molecule has 0 atom stereocenters. The van der Waals surface area contributed by atoms with Gasteiger partial charge < -0.3 is 9.88 Å². The highest BCUT2D eigenvalue weighted by atomic mass is 19.1. The van der Waals surface area contributed by atoms with Gasteiger partial charge in [-0.2, -0.15) is 0 Å². The number of allylic oxidation sites excluding steroid dienone is 1. The highest BCUT2D eigenvalue weighted by Crippen LogP contribution is 2.14. The predicted molar refractivity (Wildman–Crippen MR) is 75.1 cm³/mol. The average molecular weight is 273 g/mol. The lowest BCUT2D eigenvalue weighted by Gasteiger charge is -2.04. The summed E-state index contributed by atoms with van der Waals surface area (Å²) >= 11 is 0. The summed E-state index contributed by atoms with van der Waals surface area (Å²) in [5.74, 6) is 0.230. The van der Waals surface area contributed by atoms with E-state index in [0.717, 1.165) is 5.82 Å². The number of carbonyl (C=O) groups excluding carboxylic acids is 1. The van der Waals surface area contributed by atoms with Gasteiger partial charge in [0, 0.05) is 25.5 Å². The molecule has 0 aliphatic rings. The van der Waals surface area contributed by atoms with Crippen molar-refractivity contribution in [3.8, 4) is 0 Å². The van der Waals surface area contributed by atoms with Crippen LogP contribution in [-0.4, -0.2) is 15.5 Å². The van der Waals surface area contributed by atoms with Gasteiger partial charge in [0.15, 0.2) is 0 Å². The molecule has 0 aliphatic carbocycles. The van der Waals surface area contributed by atoms with Crippen LogP contribution in [0.1, 0.15) is 18.3 Å². The minimum Gasteiger partial charge on any atom is -0.345 e. The molecule has 4 nitrogen and oxygen atoms in total. The SMILES string of the molecule is C/C(=C/C(=O)NCc1nccn1C)c1cccc(F)c1. The van der Waals surface area contributed by atoms with Crippen LogP contribution in [-0.2, 0) is 18.4 Å². The summed E-state index contributed by atoms with van der Waals surface area (Å²) in [6.07, 6.45) is 4.95. The molecule has 104 valence electrons. The minimum atomic E-state index is -0.316. The summed E-state index contributed by atoms with van der Waals surface area (Å²) in [6.45, 7) is 2.13. The van der Waals surface area contributed by atoms with Crippen molar-refractivity contribution in [2.45, 2.75) is 13.5 Å². The maximum Gasteiger partial charge on any atom is 0.244 e. The van der Waals surface area contributed by atoms with Crippen molar-refractivity contribution in [1.29, 1.82) is 0 Å². The van der Waals surface area contributed by atoms with E-state index in [1.807, 2.05) is 17.8 Å². The van der Waals surface area contributed by atoms with Gasteiger partial charge in [0.25, 0.3) is 0 Å². The van der Waals surface area contributed by atoms with Crippen LogP contribution < -0.4 is 5.32 Å². The molecule has 0 unspecified atom stereocenters. The summed E-state index contributed by atoms with van der Waals surface area (Å²) in [5, 5.41) is 2.75. The number of imidazole rings is 1. The second-order valence-corrected chi connectivity index (χ2v) is 4.51.